The molecule has 0 spiro atoms. The Balaban J connectivity index is 1.47. The van der Waals surface area contributed by atoms with Crippen molar-refractivity contribution in [2.75, 3.05) is 24.5 Å². The molecule has 1 amide bonds. The molecule has 1 aliphatic heterocycles. The van der Waals surface area contributed by atoms with Crippen LogP contribution in [0.1, 0.15) is 27.9 Å². The van der Waals surface area contributed by atoms with E-state index in [2.05, 4.69) is 25.2 Å². The second kappa shape index (κ2) is 7.07. The number of rotatable bonds is 4. The van der Waals surface area contributed by atoms with Crippen molar-refractivity contribution in [3.05, 3.63) is 52.4 Å². The van der Waals surface area contributed by atoms with Crippen molar-refractivity contribution in [3.63, 3.8) is 0 Å². The first-order chi connectivity index (χ1) is 13.4. The SMILES string of the molecule is Cc1cccc(C(=O)NC[C@@]2(N)CCN(c3ncnc4[nH]cc(C)c34)C2)c1Cl. The quantitative estimate of drug-likeness (QED) is 0.627. The Morgan fingerprint density at radius 1 is 1.36 bits per heavy atom. The van der Waals surface area contributed by atoms with E-state index in [9.17, 15) is 4.79 Å². The molecule has 4 N–H and O–H groups in total. The Bertz CT molecular complexity index is 1050. The van der Waals surface area contributed by atoms with Crippen LogP contribution in [0.3, 0.4) is 0 Å². The minimum absolute atomic E-state index is 0.206. The van der Waals surface area contributed by atoms with Gasteiger partial charge in [-0.05, 0) is 37.5 Å². The number of aromatic amines is 1. The lowest BCUT2D eigenvalue weighted by Gasteiger charge is -2.26. The molecule has 3 heterocycles. The molecule has 0 radical (unpaired) electrons. The molecule has 146 valence electrons. The molecule has 1 aromatic carbocycles. The highest BCUT2D eigenvalue weighted by Crippen LogP contribution is 2.30. The molecule has 2 aromatic heterocycles. The van der Waals surface area contributed by atoms with E-state index in [1.807, 2.05) is 32.2 Å². The van der Waals surface area contributed by atoms with Crippen molar-refractivity contribution >= 4 is 34.4 Å². The van der Waals surface area contributed by atoms with Crippen LogP contribution in [0.15, 0.2) is 30.7 Å². The van der Waals surface area contributed by atoms with Crippen molar-refractivity contribution in [2.24, 2.45) is 5.73 Å². The number of fused-ring (bicyclic) bond motifs is 1. The lowest BCUT2D eigenvalue weighted by Crippen LogP contribution is -2.52. The fraction of sp³-hybridized carbons (Fsp3) is 0.350. The van der Waals surface area contributed by atoms with E-state index < -0.39 is 5.54 Å². The molecule has 1 saturated heterocycles. The van der Waals surface area contributed by atoms with Gasteiger partial charge in [0.15, 0.2) is 0 Å². The second-order valence-electron chi connectivity index (χ2n) is 7.55. The number of carbonyl (C=O) groups excluding carboxylic acids is 1. The van der Waals surface area contributed by atoms with Crippen LogP contribution in [0, 0.1) is 13.8 Å². The van der Waals surface area contributed by atoms with Gasteiger partial charge in [0.2, 0.25) is 0 Å². The van der Waals surface area contributed by atoms with E-state index in [0.29, 0.717) is 23.7 Å². The zero-order chi connectivity index (χ0) is 19.9. The number of anilines is 1. The summed E-state index contributed by atoms with van der Waals surface area (Å²) in [5.41, 5.74) is 9.33. The number of H-pyrrole nitrogens is 1. The first-order valence-corrected chi connectivity index (χ1v) is 9.62. The zero-order valence-electron chi connectivity index (χ0n) is 15.9. The monoisotopic (exact) mass is 398 g/mol. The number of halogens is 1. The Morgan fingerprint density at radius 3 is 3.00 bits per heavy atom. The lowest BCUT2D eigenvalue weighted by atomic mass is 10.00. The normalized spacial score (nSPS) is 19.4. The summed E-state index contributed by atoms with van der Waals surface area (Å²) >= 11 is 6.26. The van der Waals surface area contributed by atoms with Crippen LogP contribution >= 0.6 is 11.6 Å². The summed E-state index contributed by atoms with van der Waals surface area (Å²) < 4.78 is 0. The topological polar surface area (TPSA) is 99.9 Å². The van der Waals surface area contributed by atoms with Crippen molar-refractivity contribution in [3.8, 4) is 0 Å². The lowest BCUT2D eigenvalue weighted by molar-refractivity contribution is 0.0945. The van der Waals surface area contributed by atoms with Crippen LogP contribution in [-0.4, -0.2) is 46.0 Å². The maximum absolute atomic E-state index is 12.6. The zero-order valence-corrected chi connectivity index (χ0v) is 16.7. The molecule has 0 saturated carbocycles. The summed E-state index contributed by atoms with van der Waals surface area (Å²) in [5, 5.41) is 4.44. The highest BCUT2D eigenvalue weighted by Gasteiger charge is 2.36. The molecule has 0 unspecified atom stereocenters. The average Bonchev–Trinajstić information content (AvgIpc) is 3.26. The highest BCUT2D eigenvalue weighted by atomic mass is 35.5. The second-order valence-corrected chi connectivity index (χ2v) is 7.92. The van der Waals surface area contributed by atoms with E-state index >= 15 is 0 Å². The van der Waals surface area contributed by atoms with Crippen molar-refractivity contribution in [2.45, 2.75) is 25.8 Å². The van der Waals surface area contributed by atoms with Crippen molar-refractivity contribution in [1.29, 1.82) is 0 Å². The average molecular weight is 399 g/mol. The van der Waals surface area contributed by atoms with Gasteiger partial charge < -0.3 is 20.9 Å². The Hall–Kier alpha value is -2.64. The molecular formula is C20H23ClN6O. The van der Waals surface area contributed by atoms with E-state index in [0.717, 1.165) is 40.9 Å². The molecule has 1 fully saturated rings. The maximum Gasteiger partial charge on any atom is 0.252 e. The number of nitrogens with zero attached hydrogens (tertiary/aromatic N) is 3. The summed E-state index contributed by atoms with van der Waals surface area (Å²) in [7, 11) is 0. The van der Waals surface area contributed by atoms with Gasteiger partial charge in [0.05, 0.1) is 21.5 Å². The Kier molecular flexibility index (Phi) is 4.72. The van der Waals surface area contributed by atoms with E-state index in [1.165, 1.54) is 0 Å². The fourth-order valence-corrected chi connectivity index (χ4v) is 3.94. The van der Waals surface area contributed by atoms with Gasteiger partial charge in [0, 0.05) is 25.8 Å². The number of aryl methyl sites for hydroxylation is 2. The van der Waals surface area contributed by atoms with Crippen molar-refractivity contribution < 1.29 is 4.79 Å². The number of hydrogen-bond donors (Lipinski definition) is 3. The summed E-state index contributed by atoms with van der Waals surface area (Å²) in [6.45, 7) is 5.65. The van der Waals surface area contributed by atoms with E-state index in [4.69, 9.17) is 17.3 Å². The minimum atomic E-state index is -0.534. The molecular weight excluding hydrogens is 376 g/mol. The molecule has 3 aromatic rings. The number of carbonyl (C=O) groups is 1. The molecule has 4 rings (SSSR count). The number of nitrogens with two attached hydrogens (primary N) is 1. The molecule has 7 nitrogen and oxygen atoms in total. The smallest absolute Gasteiger partial charge is 0.252 e. The summed E-state index contributed by atoms with van der Waals surface area (Å²) in [5.74, 6) is 0.673. The molecule has 1 atom stereocenters. The van der Waals surface area contributed by atoms with Gasteiger partial charge in [-0.2, -0.15) is 0 Å². The molecule has 1 aliphatic rings. The van der Waals surface area contributed by atoms with Gasteiger partial charge in [-0.1, -0.05) is 23.7 Å². The van der Waals surface area contributed by atoms with Gasteiger partial charge in [-0.3, -0.25) is 4.79 Å². The van der Waals surface area contributed by atoms with Gasteiger partial charge in [-0.25, -0.2) is 9.97 Å². The highest BCUT2D eigenvalue weighted by molar-refractivity contribution is 6.34. The van der Waals surface area contributed by atoms with E-state index in [-0.39, 0.29) is 5.91 Å². The van der Waals surface area contributed by atoms with E-state index in [1.54, 1.807) is 12.4 Å². The number of nitrogens with one attached hydrogen (secondary N) is 2. The number of aromatic nitrogens is 3. The third-order valence-electron chi connectivity index (χ3n) is 5.37. The van der Waals surface area contributed by atoms with Crippen LogP contribution in [0.4, 0.5) is 5.82 Å². The summed E-state index contributed by atoms with van der Waals surface area (Å²) in [4.78, 5) is 26.7. The van der Waals surface area contributed by atoms with Crippen molar-refractivity contribution in [1.82, 2.24) is 20.3 Å². The molecule has 8 heteroatoms. The van der Waals surface area contributed by atoms with Gasteiger partial charge in [0.25, 0.3) is 5.91 Å². The van der Waals surface area contributed by atoms with Crippen LogP contribution in [0.25, 0.3) is 11.0 Å². The third-order valence-corrected chi connectivity index (χ3v) is 5.87. The predicted octanol–water partition coefficient (Wildman–Crippen LogP) is 2.57. The molecule has 0 aliphatic carbocycles. The predicted molar refractivity (Wildman–Crippen MR) is 111 cm³/mol. The largest absolute Gasteiger partial charge is 0.354 e. The van der Waals surface area contributed by atoms with Crippen LogP contribution in [-0.2, 0) is 0 Å². The molecule has 0 bridgehead atoms. The Labute approximate surface area is 168 Å². The first kappa shape index (κ1) is 18.7. The minimum Gasteiger partial charge on any atom is -0.354 e. The Morgan fingerprint density at radius 2 is 2.18 bits per heavy atom. The van der Waals surface area contributed by atoms with Crippen LogP contribution in [0.2, 0.25) is 5.02 Å². The fourth-order valence-electron chi connectivity index (χ4n) is 3.73. The number of benzene rings is 1. The molecule has 28 heavy (non-hydrogen) atoms. The van der Waals surface area contributed by atoms with Gasteiger partial charge in [-0.15, -0.1) is 0 Å². The summed E-state index contributed by atoms with van der Waals surface area (Å²) in [6, 6.07) is 5.43. The van der Waals surface area contributed by atoms with Crippen LogP contribution in [0.5, 0.6) is 0 Å². The third kappa shape index (κ3) is 3.31. The van der Waals surface area contributed by atoms with Gasteiger partial charge >= 0.3 is 0 Å². The summed E-state index contributed by atoms with van der Waals surface area (Å²) in [6.07, 6.45) is 4.25. The van der Waals surface area contributed by atoms with Crippen LogP contribution < -0.4 is 16.0 Å². The van der Waals surface area contributed by atoms with Gasteiger partial charge in [0.1, 0.15) is 17.8 Å². The number of amides is 1. The standard InChI is InChI=1S/C20H23ClN6O/c1-12-4-3-5-14(16(12)21)19(28)24-9-20(22)6-7-27(10-20)18-15-13(2)8-23-17(15)25-11-26-18/h3-5,8,11H,6-7,9-10,22H2,1-2H3,(H,24,28)(H,23,25,26)/t20-/m0/s1. The number of hydrogen-bond acceptors (Lipinski definition) is 5. The first-order valence-electron chi connectivity index (χ1n) is 9.24. The maximum atomic E-state index is 12.6.